The van der Waals surface area contributed by atoms with Gasteiger partial charge in [0, 0.05) is 12.6 Å². The van der Waals surface area contributed by atoms with Crippen molar-refractivity contribution >= 4 is 0 Å². The Morgan fingerprint density at radius 2 is 1.93 bits per heavy atom. The Kier molecular flexibility index (Phi) is 4.97. The van der Waals surface area contributed by atoms with Crippen LogP contribution in [0.3, 0.4) is 0 Å². The van der Waals surface area contributed by atoms with Crippen LogP contribution < -0.4 is 5.32 Å². The molecule has 80 valence electrons. The molecule has 1 rings (SSSR count). The molecule has 1 aliphatic rings. The molecule has 0 aromatic rings. The molecule has 1 saturated carbocycles. The molecular weight excluding hydrogens is 172 g/mol. The number of hydrogen-bond acceptors (Lipinski definition) is 2. The molecule has 0 aromatic carbocycles. The molecule has 0 saturated heterocycles. The molecule has 0 aromatic heterocycles. The first-order chi connectivity index (χ1) is 6.74. The molecule has 0 amide bonds. The van der Waals surface area contributed by atoms with Crippen LogP contribution in [0.1, 0.15) is 46.0 Å². The lowest BCUT2D eigenvalue weighted by Crippen LogP contribution is -2.35. The summed E-state index contributed by atoms with van der Waals surface area (Å²) in [6, 6.07) is 3.06. The number of rotatable bonds is 4. The molecule has 1 N–H and O–H groups in total. The second-order valence-electron chi connectivity index (χ2n) is 4.72. The first kappa shape index (κ1) is 11.5. The summed E-state index contributed by atoms with van der Waals surface area (Å²) >= 11 is 0. The van der Waals surface area contributed by atoms with Crippen LogP contribution in [0.25, 0.3) is 0 Å². The van der Waals surface area contributed by atoms with Gasteiger partial charge in [0.25, 0.3) is 0 Å². The molecule has 1 aliphatic carbocycles. The van der Waals surface area contributed by atoms with Crippen molar-refractivity contribution in [2.45, 2.75) is 52.0 Å². The highest BCUT2D eigenvalue weighted by atomic mass is 14.9. The minimum absolute atomic E-state index is 0.178. The quantitative estimate of drug-likeness (QED) is 0.747. The van der Waals surface area contributed by atoms with Gasteiger partial charge >= 0.3 is 0 Å². The largest absolute Gasteiger partial charge is 0.313 e. The average Bonchev–Trinajstić information content (AvgIpc) is 2.20. The van der Waals surface area contributed by atoms with Crippen molar-refractivity contribution in [1.82, 2.24) is 5.32 Å². The summed E-state index contributed by atoms with van der Waals surface area (Å²) in [6.07, 6.45) is 6.71. The fourth-order valence-electron chi connectivity index (χ4n) is 2.03. The molecule has 2 nitrogen and oxygen atoms in total. The van der Waals surface area contributed by atoms with Gasteiger partial charge in [-0.2, -0.15) is 5.26 Å². The summed E-state index contributed by atoms with van der Waals surface area (Å²) in [5.74, 6) is 0.646. The van der Waals surface area contributed by atoms with Gasteiger partial charge in [0.1, 0.15) is 0 Å². The lowest BCUT2D eigenvalue weighted by Gasteiger charge is -2.24. The minimum Gasteiger partial charge on any atom is -0.313 e. The maximum absolute atomic E-state index is 8.94. The van der Waals surface area contributed by atoms with E-state index in [2.05, 4.69) is 25.2 Å². The van der Waals surface area contributed by atoms with Crippen LogP contribution in [0.5, 0.6) is 0 Å². The molecule has 14 heavy (non-hydrogen) atoms. The zero-order chi connectivity index (χ0) is 10.4. The summed E-state index contributed by atoms with van der Waals surface area (Å²) in [4.78, 5) is 0. The van der Waals surface area contributed by atoms with Gasteiger partial charge in [0.2, 0.25) is 0 Å². The molecular formula is C12H22N2. The highest BCUT2D eigenvalue weighted by Gasteiger charge is 2.16. The Balaban J connectivity index is 2.21. The Hall–Kier alpha value is -0.550. The van der Waals surface area contributed by atoms with Gasteiger partial charge in [-0.15, -0.1) is 0 Å². The van der Waals surface area contributed by atoms with Crippen molar-refractivity contribution in [3.05, 3.63) is 0 Å². The topological polar surface area (TPSA) is 35.8 Å². The van der Waals surface area contributed by atoms with Crippen molar-refractivity contribution in [3.8, 4) is 6.07 Å². The monoisotopic (exact) mass is 194 g/mol. The standard InChI is InChI=1S/C12H22N2/c1-10(2)11(8-13)9-14-12-6-4-3-5-7-12/h10-12,14H,3-7,9H2,1-2H3. The minimum atomic E-state index is 0.178. The van der Waals surface area contributed by atoms with Crippen LogP contribution in [0.4, 0.5) is 0 Å². The first-order valence-electron chi connectivity index (χ1n) is 5.87. The Labute approximate surface area is 87.7 Å². The van der Waals surface area contributed by atoms with Crippen molar-refractivity contribution in [2.75, 3.05) is 6.54 Å². The summed E-state index contributed by atoms with van der Waals surface area (Å²) < 4.78 is 0. The van der Waals surface area contributed by atoms with Gasteiger partial charge in [-0.05, 0) is 18.8 Å². The molecule has 0 radical (unpaired) electrons. The van der Waals surface area contributed by atoms with Crippen LogP contribution in [-0.2, 0) is 0 Å². The molecule has 2 heteroatoms. The van der Waals surface area contributed by atoms with Crippen LogP contribution >= 0.6 is 0 Å². The van der Waals surface area contributed by atoms with E-state index >= 15 is 0 Å². The fraction of sp³-hybridized carbons (Fsp3) is 0.917. The Bertz CT molecular complexity index is 187. The summed E-state index contributed by atoms with van der Waals surface area (Å²) in [6.45, 7) is 5.12. The lowest BCUT2D eigenvalue weighted by atomic mass is 9.93. The summed E-state index contributed by atoms with van der Waals surface area (Å²) in [5.41, 5.74) is 0. The van der Waals surface area contributed by atoms with E-state index in [9.17, 15) is 0 Å². The highest BCUT2D eigenvalue weighted by molar-refractivity contribution is 4.87. The third-order valence-corrected chi connectivity index (χ3v) is 3.20. The highest BCUT2D eigenvalue weighted by Crippen LogP contribution is 2.18. The number of nitrogens with one attached hydrogen (secondary N) is 1. The van der Waals surface area contributed by atoms with Gasteiger partial charge in [-0.3, -0.25) is 0 Å². The van der Waals surface area contributed by atoms with Gasteiger partial charge in [-0.25, -0.2) is 0 Å². The van der Waals surface area contributed by atoms with Crippen LogP contribution in [0.15, 0.2) is 0 Å². The lowest BCUT2D eigenvalue weighted by molar-refractivity contribution is 0.341. The maximum atomic E-state index is 8.94. The van der Waals surface area contributed by atoms with E-state index in [0.29, 0.717) is 12.0 Å². The SMILES string of the molecule is CC(C)C(C#N)CNC1CCCCC1. The molecule has 1 atom stereocenters. The maximum Gasteiger partial charge on any atom is 0.0671 e. The molecule has 0 spiro atoms. The van der Waals surface area contributed by atoms with E-state index in [1.54, 1.807) is 0 Å². The smallest absolute Gasteiger partial charge is 0.0671 e. The van der Waals surface area contributed by atoms with Crippen LogP contribution in [-0.4, -0.2) is 12.6 Å². The van der Waals surface area contributed by atoms with Gasteiger partial charge in [-0.1, -0.05) is 33.1 Å². The van der Waals surface area contributed by atoms with E-state index in [-0.39, 0.29) is 5.92 Å². The van der Waals surface area contributed by atoms with E-state index in [4.69, 9.17) is 5.26 Å². The first-order valence-corrected chi connectivity index (χ1v) is 5.87. The fourth-order valence-corrected chi connectivity index (χ4v) is 2.03. The molecule has 0 aliphatic heterocycles. The van der Waals surface area contributed by atoms with E-state index in [1.807, 2.05) is 0 Å². The van der Waals surface area contributed by atoms with Crippen LogP contribution in [0, 0.1) is 23.2 Å². The average molecular weight is 194 g/mol. The zero-order valence-electron chi connectivity index (χ0n) is 9.42. The second kappa shape index (κ2) is 6.03. The predicted molar refractivity (Wildman–Crippen MR) is 58.8 cm³/mol. The Morgan fingerprint density at radius 3 is 2.43 bits per heavy atom. The van der Waals surface area contributed by atoms with E-state index in [1.165, 1.54) is 32.1 Å². The third-order valence-electron chi connectivity index (χ3n) is 3.20. The molecule has 1 fully saturated rings. The van der Waals surface area contributed by atoms with Crippen molar-refractivity contribution in [2.24, 2.45) is 11.8 Å². The summed E-state index contributed by atoms with van der Waals surface area (Å²) in [5, 5.41) is 12.5. The molecule has 1 unspecified atom stereocenters. The molecule has 0 heterocycles. The van der Waals surface area contributed by atoms with Gasteiger partial charge < -0.3 is 5.32 Å². The van der Waals surface area contributed by atoms with Gasteiger partial charge in [0.05, 0.1) is 12.0 Å². The zero-order valence-corrected chi connectivity index (χ0v) is 9.42. The summed E-state index contributed by atoms with van der Waals surface area (Å²) in [7, 11) is 0. The predicted octanol–water partition coefficient (Wildman–Crippen LogP) is 2.70. The Morgan fingerprint density at radius 1 is 1.29 bits per heavy atom. The third kappa shape index (κ3) is 3.67. The normalized spacial score (nSPS) is 20.7. The van der Waals surface area contributed by atoms with Crippen molar-refractivity contribution in [1.29, 1.82) is 5.26 Å². The molecule has 0 bridgehead atoms. The number of nitrogens with zero attached hydrogens (tertiary/aromatic N) is 1. The van der Waals surface area contributed by atoms with Crippen molar-refractivity contribution in [3.63, 3.8) is 0 Å². The number of nitriles is 1. The van der Waals surface area contributed by atoms with E-state index in [0.717, 1.165) is 6.54 Å². The van der Waals surface area contributed by atoms with Crippen molar-refractivity contribution < 1.29 is 0 Å². The van der Waals surface area contributed by atoms with Gasteiger partial charge in [0.15, 0.2) is 0 Å². The number of hydrogen-bond donors (Lipinski definition) is 1. The van der Waals surface area contributed by atoms with E-state index < -0.39 is 0 Å². The second-order valence-corrected chi connectivity index (χ2v) is 4.72. The van der Waals surface area contributed by atoms with Crippen LogP contribution in [0.2, 0.25) is 0 Å².